The first-order valence-corrected chi connectivity index (χ1v) is 8.15. The molecular weight excluding hydrogens is 326 g/mol. The maximum absolute atomic E-state index is 12.5. The van der Waals surface area contributed by atoms with Crippen LogP contribution in [0.2, 0.25) is 5.02 Å². The second-order valence-electron chi connectivity index (χ2n) is 5.79. The van der Waals surface area contributed by atoms with Crippen LogP contribution in [0.15, 0.2) is 54.6 Å². The number of hydrogen-bond acceptors (Lipinski definition) is 2. The summed E-state index contributed by atoms with van der Waals surface area (Å²) in [6.07, 6.45) is 1.06. The van der Waals surface area contributed by atoms with E-state index in [1.807, 2.05) is 42.5 Å². The topological polar surface area (TPSA) is 66.4 Å². The van der Waals surface area contributed by atoms with Gasteiger partial charge < -0.3 is 10.4 Å². The van der Waals surface area contributed by atoms with E-state index in [0.717, 1.165) is 11.1 Å². The third-order valence-corrected chi connectivity index (χ3v) is 4.07. The molecule has 0 aliphatic carbocycles. The molecule has 2 N–H and O–H groups in total. The first kappa shape index (κ1) is 18.0. The van der Waals surface area contributed by atoms with Crippen molar-refractivity contribution >= 4 is 23.5 Å². The zero-order valence-corrected chi connectivity index (χ0v) is 14.2. The Morgan fingerprint density at radius 2 is 1.54 bits per heavy atom. The van der Waals surface area contributed by atoms with Crippen molar-refractivity contribution in [3.63, 3.8) is 0 Å². The number of carboxylic acid groups (broad SMARTS) is 1. The largest absolute Gasteiger partial charge is 0.480 e. The van der Waals surface area contributed by atoms with Crippen molar-refractivity contribution in [3.8, 4) is 0 Å². The van der Waals surface area contributed by atoms with E-state index >= 15 is 0 Å². The molecule has 0 fully saturated rings. The van der Waals surface area contributed by atoms with Crippen LogP contribution in [-0.2, 0) is 22.4 Å². The zero-order chi connectivity index (χ0) is 17.5. The summed E-state index contributed by atoms with van der Waals surface area (Å²) in [6, 6.07) is 16.1. The smallest absolute Gasteiger partial charge is 0.325 e. The Morgan fingerprint density at radius 3 is 2.08 bits per heavy atom. The molecule has 0 aliphatic rings. The van der Waals surface area contributed by atoms with Crippen LogP contribution < -0.4 is 5.32 Å². The number of aliphatic carboxylic acids is 1. The van der Waals surface area contributed by atoms with Crippen molar-refractivity contribution in [2.24, 2.45) is 5.92 Å². The monoisotopic (exact) mass is 345 g/mol. The minimum absolute atomic E-state index is 0.260. The first-order chi connectivity index (χ1) is 11.5. The number of carboxylic acids is 1. The van der Waals surface area contributed by atoms with Gasteiger partial charge in [0.05, 0.1) is 0 Å². The van der Waals surface area contributed by atoms with Crippen LogP contribution in [0.4, 0.5) is 0 Å². The predicted octanol–water partition coefficient (Wildman–Crippen LogP) is 3.33. The number of nitrogens with one attached hydrogen (secondary N) is 1. The minimum atomic E-state index is -1.05. The average molecular weight is 346 g/mol. The van der Waals surface area contributed by atoms with Crippen LogP contribution in [0.25, 0.3) is 0 Å². The van der Waals surface area contributed by atoms with Gasteiger partial charge in [-0.25, -0.2) is 0 Å². The van der Waals surface area contributed by atoms with Crippen molar-refractivity contribution in [2.45, 2.75) is 25.8 Å². The summed E-state index contributed by atoms with van der Waals surface area (Å²) in [6.45, 7) is 1.46. The van der Waals surface area contributed by atoms with Gasteiger partial charge in [-0.3, -0.25) is 9.59 Å². The third kappa shape index (κ3) is 5.39. The molecule has 2 rings (SSSR count). The normalized spacial score (nSPS) is 13.1. The zero-order valence-electron chi connectivity index (χ0n) is 13.4. The van der Waals surface area contributed by atoms with Crippen LogP contribution in [0.5, 0.6) is 0 Å². The molecule has 24 heavy (non-hydrogen) atoms. The SMILES string of the molecule is C[C@@H](NC(=O)[C@H](Cc1ccccc1)Cc1ccc(Cl)cc1)C(=O)O. The molecule has 0 aliphatic heterocycles. The molecule has 2 aromatic rings. The molecule has 0 aromatic heterocycles. The lowest BCUT2D eigenvalue weighted by atomic mass is 9.91. The molecule has 0 radical (unpaired) electrons. The van der Waals surface area contributed by atoms with Crippen molar-refractivity contribution in [2.75, 3.05) is 0 Å². The fourth-order valence-electron chi connectivity index (χ4n) is 2.45. The van der Waals surface area contributed by atoms with Crippen molar-refractivity contribution in [1.82, 2.24) is 5.32 Å². The summed E-state index contributed by atoms with van der Waals surface area (Å²) in [7, 11) is 0. The van der Waals surface area contributed by atoms with E-state index < -0.39 is 12.0 Å². The number of carbonyl (C=O) groups excluding carboxylic acids is 1. The second kappa shape index (κ2) is 8.50. The summed E-state index contributed by atoms with van der Waals surface area (Å²) >= 11 is 5.90. The summed E-state index contributed by atoms with van der Waals surface area (Å²) in [5.74, 6) is -1.66. The van der Waals surface area contributed by atoms with Crippen LogP contribution >= 0.6 is 11.6 Å². The van der Waals surface area contributed by atoms with Gasteiger partial charge >= 0.3 is 5.97 Å². The molecule has 0 heterocycles. The van der Waals surface area contributed by atoms with E-state index in [2.05, 4.69) is 5.32 Å². The minimum Gasteiger partial charge on any atom is -0.480 e. The number of benzene rings is 2. The van der Waals surface area contributed by atoms with Gasteiger partial charge in [0.2, 0.25) is 5.91 Å². The van der Waals surface area contributed by atoms with Gasteiger partial charge in [-0.2, -0.15) is 0 Å². The van der Waals surface area contributed by atoms with E-state index in [1.54, 1.807) is 12.1 Å². The Hall–Kier alpha value is -2.33. The second-order valence-corrected chi connectivity index (χ2v) is 6.22. The van der Waals surface area contributed by atoms with Crippen LogP contribution in [-0.4, -0.2) is 23.0 Å². The van der Waals surface area contributed by atoms with Crippen LogP contribution in [0.1, 0.15) is 18.1 Å². The molecule has 126 valence electrons. The van der Waals surface area contributed by atoms with Gasteiger partial charge in [0, 0.05) is 10.9 Å². The summed E-state index contributed by atoms with van der Waals surface area (Å²) in [4.78, 5) is 23.5. The first-order valence-electron chi connectivity index (χ1n) is 7.77. The highest BCUT2D eigenvalue weighted by Crippen LogP contribution is 2.17. The van der Waals surface area contributed by atoms with E-state index in [4.69, 9.17) is 16.7 Å². The summed E-state index contributed by atoms with van der Waals surface area (Å²) in [5, 5.41) is 12.2. The molecule has 0 saturated carbocycles. The molecule has 0 unspecified atom stereocenters. The van der Waals surface area contributed by atoms with Gasteiger partial charge in [0.1, 0.15) is 6.04 Å². The average Bonchev–Trinajstić information content (AvgIpc) is 2.57. The maximum atomic E-state index is 12.5. The summed E-state index contributed by atoms with van der Waals surface area (Å²) < 4.78 is 0. The van der Waals surface area contributed by atoms with Gasteiger partial charge in [-0.1, -0.05) is 54.1 Å². The number of hydrogen-bond donors (Lipinski definition) is 2. The maximum Gasteiger partial charge on any atom is 0.325 e. The number of carbonyl (C=O) groups is 2. The van der Waals surface area contributed by atoms with E-state index in [0.29, 0.717) is 17.9 Å². The van der Waals surface area contributed by atoms with E-state index in [1.165, 1.54) is 6.92 Å². The van der Waals surface area contributed by atoms with Gasteiger partial charge in [-0.15, -0.1) is 0 Å². The van der Waals surface area contributed by atoms with Crippen molar-refractivity contribution in [1.29, 1.82) is 0 Å². The van der Waals surface area contributed by atoms with E-state index in [9.17, 15) is 9.59 Å². The van der Waals surface area contributed by atoms with Gasteiger partial charge in [0.15, 0.2) is 0 Å². The molecule has 2 aromatic carbocycles. The molecule has 0 spiro atoms. The predicted molar refractivity (Wildman–Crippen MR) is 94.0 cm³/mol. The van der Waals surface area contributed by atoms with Crippen molar-refractivity contribution < 1.29 is 14.7 Å². The Labute approximate surface area is 146 Å². The fraction of sp³-hybridized carbons (Fsp3) is 0.263. The number of amides is 1. The highest BCUT2D eigenvalue weighted by Gasteiger charge is 2.23. The lowest BCUT2D eigenvalue weighted by molar-refractivity contribution is -0.141. The van der Waals surface area contributed by atoms with Crippen LogP contribution in [0.3, 0.4) is 0 Å². The molecule has 4 nitrogen and oxygen atoms in total. The van der Waals surface area contributed by atoms with Crippen LogP contribution in [0, 0.1) is 5.92 Å². The fourth-order valence-corrected chi connectivity index (χ4v) is 2.58. The van der Waals surface area contributed by atoms with E-state index in [-0.39, 0.29) is 11.8 Å². The molecular formula is C19H20ClNO3. The molecule has 0 bridgehead atoms. The Kier molecular flexibility index (Phi) is 6.38. The van der Waals surface area contributed by atoms with Gasteiger partial charge in [0.25, 0.3) is 0 Å². The number of rotatable bonds is 7. The highest BCUT2D eigenvalue weighted by atomic mass is 35.5. The quantitative estimate of drug-likeness (QED) is 0.808. The third-order valence-electron chi connectivity index (χ3n) is 3.82. The summed E-state index contributed by atoms with van der Waals surface area (Å²) in [5.41, 5.74) is 2.02. The Morgan fingerprint density at radius 1 is 1.00 bits per heavy atom. The van der Waals surface area contributed by atoms with Gasteiger partial charge in [-0.05, 0) is 43.0 Å². The molecule has 1 amide bonds. The molecule has 0 saturated heterocycles. The number of halogens is 1. The standard InChI is InChI=1S/C19H20ClNO3/c1-13(19(23)24)21-18(22)16(11-14-5-3-2-4-6-14)12-15-7-9-17(20)10-8-15/h2-10,13,16H,11-12H2,1H3,(H,21,22)(H,23,24)/t13-,16-/m1/s1. The lowest BCUT2D eigenvalue weighted by Gasteiger charge is -2.19. The van der Waals surface area contributed by atoms with Crippen molar-refractivity contribution in [3.05, 3.63) is 70.7 Å². The Balaban J connectivity index is 2.15. The Bertz CT molecular complexity index is 686. The molecule has 2 atom stereocenters. The molecule has 5 heteroatoms. The highest BCUT2D eigenvalue weighted by molar-refractivity contribution is 6.30. The lowest BCUT2D eigenvalue weighted by Crippen LogP contribution is -2.42.